The highest BCUT2D eigenvalue weighted by molar-refractivity contribution is 7.92. The van der Waals surface area contributed by atoms with Crippen LogP contribution in [0.1, 0.15) is 37.7 Å². The molecule has 1 heterocycles. The fraction of sp³-hybridized carbons (Fsp3) is 0.588. The van der Waals surface area contributed by atoms with Crippen LogP contribution in [0, 0.1) is 6.92 Å². The van der Waals surface area contributed by atoms with Crippen molar-refractivity contribution in [3.05, 3.63) is 29.8 Å². The minimum Gasteiger partial charge on any atom is -0.343 e. The molecule has 1 aromatic rings. The van der Waals surface area contributed by atoms with Gasteiger partial charge in [0.15, 0.2) is 0 Å². The molecule has 128 valence electrons. The van der Waals surface area contributed by atoms with Gasteiger partial charge in [-0.2, -0.15) is 0 Å². The van der Waals surface area contributed by atoms with Gasteiger partial charge in [-0.05, 0) is 37.5 Å². The van der Waals surface area contributed by atoms with E-state index >= 15 is 0 Å². The molecule has 1 fully saturated rings. The molecule has 0 aromatic heterocycles. The molecule has 0 atom stereocenters. The van der Waals surface area contributed by atoms with Crippen molar-refractivity contribution in [2.24, 2.45) is 0 Å². The monoisotopic (exact) mass is 338 g/mol. The first-order valence-corrected chi connectivity index (χ1v) is 10.0. The number of rotatable bonds is 5. The van der Waals surface area contributed by atoms with Crippen LogP contribution < -0.4 is 4.31 Å². The van der Waals surface area contributed by atoms with E-state index in [2.05, 4.69) is 0 Å². The highest BCUT2D eigenvalue weighted by Crippen LogP contribution is 2.20. The topological polar surface area (TPSA) is 57.7 Å². The zero-order valence-electron chi connectivity index (χ0n) is 14.0. The fourth-order valence-corrected chi connectivity index (χ4v) is 3.86. The second-order valence-corrected chi connectivity index (χ2v) is 8.13. The van der Waals surface area contributed by atoms with Gasteiger partial charge in [-0.25, -0.2) is 8.42 Å². The summed E-state index contributed by atoms with van der Waals surface area (Å²) < 4.78 is 25.5. The number of hydrogen-bond donors (Lipinski definition) is 0. The lowest BCUT2D eigenvalue weighted by atomic mass is 10.2. The molecule has 1 aliphatic heterocycles. The third-order valence-electron chi connectivity index (χ3n) is 4.18. The number of likely N-dealkylation sites (tertiary alicyclic amines) is 1. The van der Waals surface area contributed by atoms with Gasteiger partial charge in [-0.3, -0.25) is 9.10 Å². The number of amides is 1. The molecule has 1 amide bonds. The maximum atomic E-state index is 12.4. The van der Waals surface area contributed by atoms with Crippen LogP contribution in [0.2, 0.25) is 0 Å². The summed E-state index contributed by atoms with van der Waals surface area (Å²) in [6.45, 7) is 3.70. The van der Waals surface area contributed by atoms with Crippen molar-refractivity contribution in [3.8, 4) is 0 Å². The van der Waals surface area contributed by atoms with Crippen molar-refractivity contribution in [1.29, 1.82) is 0 Å². The van der Waals surface area contributed by atoms with E-state index in [0.29, 0.717) is 5.69 Å². The molecule has 1 saturated heterocycles. The van der Waals surface area contributed by atoms with Crippen molar-refractivity contribution < 1.29 is 13.2 Å². The van der Waals surface area contributed by atoms with Crippen LogP contribution >= 0.6 is 0 Å². The van der Waals surface area contributed by atoms with Crippen molar-refractivity contribution in [1.82, 2.24) is 4.90 Å². The second kappa shape index (κ2) is 7.81. The van der Waals surface area contributed by atoms with E-state index < -0.39 is 10.0 Å². The van der Waals surface area contributed by atoms with E-state index in [4.69, 9.17) is 0 Å². The predicted octanol–water partition coefficient (Wildman–Crippen LogP) is 2.55. The smallest absolute Gasteiger partial charge is 0.232 e. The Morgan fingerprint density at radius 1 is 1.17 bits per heavy atom. The van der Waals surface area contributed by atoms with Gasteiger partial charge in [0.2, 0.25) is 15.9 Å². The zero-order chi connectivity index (χ0) is 16.9. The zero-order valence-corrected chi connectivity index (χ0v) is 14.8. The minimum atomic E-state index is -3.41. The van der Waals surface area contributed by atoms with Gasteiger partial charge in [0.05, 0.1) is 11.9 Å². The van der Waals surface area contributed by atoms with Gasteiger partial charge in [0.1, 0.15) is 0 Å². The number of aryl methyl sites for hydroxylation is 1. The summed E-state index contributed by atoms with van der Waals surface area (Å²) in [4.78, 5) is 14.3. The van der Waals surface area contributed by atoms with Gasteiger partial charge in [-0.15, -0.1) is 0 Å². The summed E-state index contributed by atoms with van der Waals surface area (Å²) in [5.41, 5.74) is 1.62. The van der Waals surface area contributed by atoms with Crippen LogP contribution in [-0.4, -0.2) is 45.1 Å². The van der Waals surface area contributed by atoms with Crippen LogP contribution in [-0.2, 0) is 14.8 Å². The molecule has 5 nitrogen and oxygen atoms in total. The third-order valence-corrected chi connectivity index (χ3v) is 5.37. The summed E-state index contributed by atoms with van der Waals surface area (Å²) in [6.07, 6.45) is 5.83. The average Bonchev–Trinajstić information content (AvgIpc) is 2.75. The molecule has 0 unspecified atom stereocenters. The van der Waals surface area contributed by atoms with Gasteiger partial charge in [0.25, 0.3) is 0 Å². The number of nitrogens with zero attached hydrogens (tertiary/aromatic N) is 2. The van der Waals surface area contributed by atoms with Gasteiger partial charge >= 0.3 is 0 Å². The highest BCUT2D eigenvalue weighted by Gasteiger charge is 2.21. The molecule has 6 heteroatoms. The standard InChI is InChI=1S/C17H26N2O3S/c1-15-8-7-9-16(14-15)19(23(2,21)22)13-10-17(20)18-11-5-3-4-6-12-18/h7-9,14H,3-6,10-13H2,1-2H3. The largest absolute Gasteiger partial charge is 0.343 e. The number of benzene rings is 1. The van der Waals surface area contributed by atoms with Crippen molar-refractivity contribution in [2.45, 2.75) is 39.0 Å². The Bertz CT molecular complexity index is 635. The maximum absolute atomic E-state index is 12.4. The molecule has 23 heavy (non-hydrogen) atoms. The van der Waals surface area contributed by atoms with E-state index in [1.54, 1.807) is 6.07 Å². The maximum Gasteiger partial charge on any atom is 0.232 e. The molecular formula is C17H26N2O3S. The van der Waals surface area contributed by atoms with Crippen LogP contribution in [0.25, 0.3) is 0 Å². The Morgan fingerprint density at radius 2 is 1.83 bits per heavy atom. The Kier molecular flexibility index (Phi) is 6.04. The summed E-state index contributed by atoms with van der Waals surface area (Å²) >= 11 is 0. The fourth-order valence-electron chi connectivity index (χ4n) is 2.94. The first-order valence-electron chi connectivity index (χ1n) is 8.20. The van der Waals surface area contributed by atoms with E-state index in [9.17, 15) is 13.2 Å². The summed E-state index contributed by atoms with van der Waals surface area (Å²) in [5.74, 6) is 0.0493. The quantitative estimate of drug-likeness (QED) is 0.829. The number of anilines is 1. The molecular weight excluding hydrogens is 312 g/mol. The van der Waals surface area contributed by atoms with Crippen molar-refractivity contribution in [2.75, 3.05) is 30.2 Å². The summed E-state index contributed by atoms with van der Waals surface area (Å²) in [5, 5.41) is 0. The normalized spacial score (nSPS) is 16.0. The van der Waals surface area contributed by atoms with E-state index in [0.717, 1.165) is 31.5 Å². The molecule has 2 rings (SSSR count). The van der Waals surface area contributed by atoms with Crippen LogP contribution in [0.15, 0.2) is 24.3 Å². The molecule has 0 bridgehead atoms. The van der Waals surface area contributed by atoms with Gasteiger partial charge < -0.3 is 4.90 Å². The average molecular weight is 338 g/mol. The van der Waals surface area contributed by atoms with Crippen LogP contribution in [0.5, 0.6) is 0 Å². The number of sulfonamides is 1. The Balaban J connectivity index is 2.05. The SMILES string of the molecule is Cc1cccc(N(CCC(=O)N2CCCCCC2)S(C)(=O)=O)c1. The second-order valence-electron chi connectivity index (χ2n) is 6.22. The summed E-state index contributed by atoms with van der Waals surface area (Å²) in [6, 6.07) is 7.35. The van der Waals surface area contributed by atoms with Crippen molar-refractivity contribution >= 4 is 21.6 Å². The first-order chi connectivity index (χ1) is 10.9. The van der Waals surface area contributed by atoms with E-state index in [-0.39, 0.29) is 18.9 Å². The molecule has 1 aliphatic rings. The van der Waals surface area contributed by atoms with E-state index in [1.807, 2.05) is 30.0 Å². The Morgan fingerprint density at radius 3 is 2.39 bits per heavy atom. The Labute approximate surface area is 139 Å². The van der Waals surface area contributed by atoms with Crippen molar-refractivity contribution in [3.63, 3.8) is 0 Å². The minimum absolute atomic E-state index is 0.0493. The summed E-state index contributed by atoms with van der Waals surface area (Å²) in [7, 11) is -3.41. The van der Waals surface area contributed by atoms with Gasteiger partial charge in [0, 0.05) is 26.1 Å². The molecule has 0 aliphatic carbocycles. The number of carbonyl (C=O) groups excluding carboxylic acids is 1. The molecule has 1 aromatic carbocycles. The number of carbonyl (C=O) groups is 1. The lowest BCUT2D eigenvalue weighted by molar-refractivity contribution is -0.130. The predicted molar refractivity (Wildman–Crippen MR) is 93.0 cm³/mol. The third kappa shape index (κ3) is 5.23. The van der Waals surface area contributed by atoms with Crippen LogP contribution in [0.3, 0.4) is 0 Å². The lowest BCUT2D eigenvalue weighted by Crippen LogP contribution is -2.37. The highest BCUT2D eigenvalue weighted by atomic mass is 32.2. The number of hydrogen-bond acceptors (Lipinski definition) is 3. The molecule has 0 N–H and O–H groups in total. The van der Waals surface area contributed by atoms with Crippen LogP contribution in [0.4, 0.5) is 5.69 Å². The van der Waals surface area contributed by atoms with E-state index in [1.165, 1.54) is 23.4 Å². The molecule has 0 radical (unpaired) electrons. The lowest BCUT2D eigenvalue weighted by Gasteiger charge is -2.25. The molecule has 0 saturated carbocycles. The Hall–Kier alpha value is -1.56. The van der Waals surface area contributed by atoms with Gasteiger partial charge in [-0.1, -0.05) is 25.0 Å². The first kappa shape index (κ1) is 17.8. The molecule has 0 spiro atoms.